The van der Waals surface area contributed by atoms with Crippen LogP contribution in [0.3, 0.4) is 0 Å². The minimum atomic E-state index is -0.303. The molecule has 7 heteroatoms. The summed E-state index contributed by atoms with van der Waals surface area (Å²) in [7, 11) is 0. The van der Waals surface area contributed by atoms with Gasteiger partial charge in [0.2, 0.25) is 0 Å². The number of carbonyl (C=O) groups is 1. The molecule has 0 unspecified atom stereocenters. The minimum absolute atomic E-state index is 0.0581. The van der Waals surface area contributed by atoms with E-state index in [0.717, 1.165) is 29.1 Å². The van der Waals surface area contributed by atoms with Gasteiger partial charge in [-0.2, -0.15) is 5.26 Å². The molecule has 2 aliphatic heterocycles. The summed E-state index contributed by atoms with van der Waals surface area (Å²) in [4.78, 5) is 21.7. The first-order chi connectivity index (χ1) is 14.8. The predicted molar refractivity (Wildman–Crippen MR) is 120 cm³/mol. The summed E-state index contributed by atoms with van der Waals surface area (Å²) >= 11 is 6.21. The van der Waals surface area contributed by atoms with Gasteiger partial charge >= 0.3 is 0 Å². The molecule has 4 rings (SSSR count). The highest BCUT2D eigenvalue weighted by molar-refractivity contribution is 6.33. The number of ether oxygens (including phenoxy) is 1. The Kier molecular flexibility index (Phi) is 5.92. The smallest absolute Gasteiger partial charge is 0.255 e. The minimum Gasteiger partial charge on any atom is -0.370 e. The molecule has 31 heavy (non-hydrogen) atoms. The number of nitrogens with zero attached hydrogens (tertiary/aromatic N) is 4. The lowest BCUT2D eigenvalue weighted by molar-refractivity contribution is -0.0407. The zero-order chi connectivity index (χ0) is 22.2. The second-order valence-electron chi connectivity index (χ2n) is 8.66. The van der Waals surface area contributed by atoms with Crippen LogP contribution >= 0.6 is 11.6 Å². The second kappa shape index (κ2) is 8.49. The summed E-state index contributed by atoms with van der Waals surface area (Å²) in [6.45, 7) is 9.06. The van der Waals surface area contributed by atoms with Gasteiger partial charge in [0.25, 0.3) is 5.91 Å². The molecule has 1 aromatic carbocycles. The molecule has 1 aromatic heterocycles. The van der Waals surface area contributed by atoms with E-state index in [1.165, 1.54) is 0 Å². The highest BCUT2D eigenvalue weighted by Crippen LogP contribution is 2.35. The first kappa shape index (κ1) is 21.6. The predicted octanol–water partition coefficient (Wildman–Crippen LogP) is 3.98. The molecule has 2 aromatic rings. The largest absolute Gasteiger partial charge is 0.370 e. The van der Waals surface area contributed by atoms with Crippen molar-refractivity contribution in [1.82, 2.24) is 9.88 Å². The summed E-state index contributed by atoms with van der Waals surface area (Å²) in [5, 5.41) is 10.5. The average molecular weight is 439 g/mol. The zero-order valence-electron chi connectivity index (χ0n) is 18.2. The van der Waals surface area contributed by atoms with Gasteiger partial charge in [-0.3, -0.25) is 4.79 Å². The Hall–Kier alpha value is -2.62. The number of carbonyl (C=O) groups excluding carboxylic acids is 1. The lowest BCUT2D eigenvalue weighted by atomic mass is 9.87. The summed E-state index contributed by atoms with van der Waals surface area (Å²) in [5.41, 5.74) is 3.99. The van der Waals surface area contributed by atoms with Gasteiger partial charge in [0, 0.05) is 43.9 Å². The van der Waals surface area contributed by atoms with E-state index >= 15 is 0 Å². The molecule has 2 aliphatic rings. The highest BCUT2D eigenvalue weighted by atomic mass is 35.5. The summed E-state index contributed by atoms with van der Waals surface area (Å²) in [6.07, 6.45) is 1.48. The molecular weight excluding hydrogens is 412 g/mol. The molecule has 0 spiro atoms. The fraction of sp³-hybridized carbons (Fsp3) is 0.458. The normalized spacial score (nSPS) is 17.8. The van der Waals surface area contributed by atoms with E-state index in [-0.39, 0.29) is 11.5 Å². The molecule has 162 valence electrons. The van der Waals surface area contributed by atoms with Crippen molar-refractivity contribution in [3.8, 4) is 6.07 Å². The number of hydrogen-bond acceptors (Lipinski definition) is 5. The first-order valence-electron chi connectivity index (χ1n) is 10.7. The third-order valence-corrected chi connectivity index (χ3v) is 6.44. The van der Waals surface area contributed by atoms with Crippen LogP contribution in [0.2, 0.25) is 5.02 Å². The molecule has 0 radical (unpaired) electrons. The van der Waals surface area contributed by atoms with E-state index in [1.54, 1.807) is 12.1 Å². The molecule has 6 nitrogen and oxygen atoms in total. The van der Waals surface area contributed by atoms with E-state index in [9.17, 15) is 10.1 Å². The highest BCUT2D eigenvalue weighted by Gasteiger charge is 2.33. The molecular formula is C24H27ClN4O2. The van der Waals surface area contributed by atoms with Crippen molar-refractivity contribution < 1.29 is 9.53 Å². The standard InChI is InChI=1S/C24H27ClN4O2/c1-4-21-19-15-31-24(2,3)13-17(19)18(14-26)22(27-21)28-9-11-29(12-10-28)23(30)16-7-5-6-8-20(16)25/h5-8H,4,9-13,15H2,1-3H3. The van der Waals surface area contributed by atoms with Crippen LogP contribution < -0.4 is 4.90 Å². The van der Waals surface area contributed by atoms with Crippen LogP contribution in [0, 0.1) is 11.3 Å². The maximum absolute atomic E-state index is 12.9. The third-order valence-electron chi connectivity index (χ3n) is 6.11. The van der Waals surface area contributed by atoms with Crippen molar-refractivity contribution in [1.29, 1.82) is 5.26 Å². The van der Waals surface area contributed by atoms with Crippen molar-refractivity contribution in [2.75, 3.05) is 31.1 Å². The SMILES string of the molecule is CCc1nc(N2CCN(C(=O)c3ccccc3Cl)CC2)c(C#N)c2c1COC(C)(C)C2. The van der Waals surface area contributed by atoms with Crippen molar-refractivity contribution in [2.45, 2.75) is 45.8 Å². The van der Waals surface area contributed by atoms with Crippen LogP contribution in [-0.4, -0.2) is 47.6 Å². The maximum atomic E-state index is 12.9. The second-order valence-corrected chi connectivity index (χ2v) is 9.07. The Morgan fingerprint density at radius 3 is 2.58 bits per heavy atom. The Morgan fingerprint density at radius 1 is 1.23 bits per heavy atom. The third kappa shape index (κ3) is 4.13. The topological polar surface area (TPSA) is 69.5 Å². The average Bonchev–Trinajstić information content (AvgIpc) is 2.77. The Balaban J connectivity index is 1.60. The fourth-order valence-corrected chi connectivity index (χ4v) is 4.60. The van der Waals surface area contributed by atoms with Crippen LogP contribution in [0.15, 0.2) is 24.3 Å². The molecule has 1 fully saturated rings. The molecule has 0 aliphatic carbocycles. The number of hydrogen-bond donors (Lipinski definition) is 0. The number of pyridine rings is 1. The molecule has 0 N–H and O–H groups in total. The Bertz CT molecular complexity index is 1050. The molecule has 0 bridgehead atoms. The number of rotatable bonds is 3. The molecule has 0 atom stereocenters. The van der Waals surface area contributed by atoms with Gasteiger partial charge < -0.3 is 14.5 Å². The van der Waals surface area contributed by atoms with E-state index < -0.39 is 0 Å². The van der Waals surface area contributed by atoms with E-state index in [4.69, 9.17) is 21.3 Å². The van der Waals surface area contributed by atoms with E-state index in [2.05, 4.69) is 31.7 Å². The van der Waals surface area contributed by atoms with Crippen molar-refractivity contribution in [3.63, 3.8) is 0 Å². The van der Waals surface area contributed by atoms with Crippen molar-refractivity contribution in [2.24, 2.45) is 0 Å². The summed E-state index contributed by atoms with van der Waals surface area (Å²) < 4.78 is 5.99. The zero-order valence-corrected chi connectivity index (χ0v) is 19.0. The van der Waals surface area contributed by atoms with Gasteiger partial charge in [-0.05, 0) is 38.0 Å². The van der Waals surface area contributed by atoms with Crippen LogP contribution in [0.5, 0.6) is 0 Å². The number of aromatic nitrogens is 1. The number of halogens is 1. The summed E-state index contributed by atoms with van der Waals surface area (Å²) in [5.74, 6) is 0.679. The van der Waals surface area contributed by atoms with Crippen LogP contribution in [0.1, 0.15) is 53.5 Å². The van der Waals surface area contributed by atoms with Crippen LogP contribution in [0.25, 0.3) is 0 Å². The molecule has 1 saturated heterocycles. The quantitative estimate of drug-likeness (QED) is 0.724. The number of nitriles is 1. The number of fused-ring (bicyclic) bond motifs is 1. The number of aryl methyl sites for hydroxylation is 1. The van der Waals surface area contributed by atoms with Crippen molar-refractivity contribution >= 4 is 23.3 Å². The Morgan fingerprint density at radius 2 is 1.94 bits per heavy atom. The molecule has 3 heterocycles. The van der Waals surface area contributed by atoms with E-state index in [1.807, 2.05) is 17.0 Å². The Labute approximate surface area is 188 Å². The van der Waals surface area contributed by atoms with Gasteiger partial charge in [-0.15, -0.1) is 0 Å². The number of anilines is 1. The first-order valence-corrected chi connectivity index (χ1v) is 11.1. The van der Waals surface area contributed by atoms with Gasteiger partial charge in [-0.1, -0.05) is 30.7 Å². The van der Waals surface area contributed by atoms with Gasteiger partial charge in [0.1, 0.15) is 11.9 Å². The van der Waals surface area contributed by atoms with Crippen molar-refractivity contribution in [3.05, 3.63) is 57.2 Å². The van der Waals surface area contributed by atoms with Gasteiger partial charge in [-0.25, -0.2) is 4.98 Å². The lowest BCUT2D eigenvalue weighted by Crippen LogP contribution is -2.49. The van der Waals surface area contributed by atoms with Crippen LogP contribution in [-0.2, 0) is 24.2 Å². The van der Waals surface area contributed by atoms with E-state index in [0.29, 0.717) is 55.4 Å². The summed E-state index contributed by atoms with van der Waals surface area (Å²) in [6, 6.07) is 9.55. The number of benzene rings is 1. The van der Waals surface area contributed by atoms with Gasteiger partial charge in [0.15, 0.2) is 0 Å². The lowest BCUT2D eigenvalue weighted by Gasteiger charge is -2.38. The maximum Gasteiger partial charge on any atom is 0.255 e. The number of piperazine rings is 1. The van der Waals surface area contributed by atoms with Crippen LogP contribution in [0.4, 0.5) is 5.82 Å². The fourth-order valence-electron chi connectivity index (χ4n) is 4.39. The molecule has 1 amide bonds. The monoisotopic (exact) mass is 438 g/mol. The number of amides is 1. The molecule has 0 saturated carbocycles. The van der Waals surface area contributed by atoms with Gasteiger partial charge in [0.05, 0.1) is 28.4 Å².